The first kappa shape index (κ1) is 18.5. The van der Waals surface area contributed by atoms with E-state index in [1.807, 2.05) is 6.07 Å². The van der Waals surface area contributed by atoms with Crippen molar-refractivity contribution in [3.63, 3.8) is 0 Å². The lowest BCUT2D eigenvalue weighted by Gasteiger charge is -2.41. The molecule has 7 nitrogen and oxygen atoms in total. The molecule has 1 aliphatic carbocycles. The SMILES string of the molecule is COc1cc(N(C2CC2)C2CCN(C(=O)C3CCCN(C)C3)CC2)ncn1. The average Bonchev–Trinajstić information content (AvgIpc) is 3.53. The van der Waals surface area contributed by atoms with Crippen LogP contribution in [0.1, 0.15) is 38.5 Å². The average molecular weight is 374 g/mol. The molecule has 2 saturated heterocycles. The summed E-state index contributed by atoms with van der Waals surface area (Å²) in [6.45, 7) is 3.74. The summed E-state index contributed by atoms with van der Waals surface area (Å²) in [7, 11) is 3.76. The zero-order valence-electron chi connectivity index (χ0n) is 16.5. The Kier molecular flexibility index (Phi) is 5.48. The van der Waals surface area contributed by atoms with Gasteiger partial charge in [0.05, 0.1) is 13.0 Å². The highest BCUT2D eigenvalue weighted by atomic mass is 16.5. The van der Waals surface area contributed by atoms with Crippen molar-refractivity contribution in [2.24, 2.45) is 5.92 Å². The molecule has 3 fully saturated rings. The van der Waals surface area contributed by atoms with Gasteiger partial charge in [-0.15, -0.1) is 0 Å². The second kappa shape index (κ2) is 8.00. The summed E-state index contributed by atoms with van der Waals surface area (Å²) in [6, 6.07) is 2.95. The minimum atomic E-state index is 0.186. The summed E-state index contributed by atoms with van der Waals surface area (Å²) in [5.74, 6) is 2.12. The molecule has 0 spiro atoms. The molecule has 27 heavy (non-hydrogen) atoms. The molecule has 148 valence electrons. The highest BCUT2D eigenvalue weighted by Gasteiger charge is 2.38. The third-order valence-corrected chi connectivity index (χ3v) is 6.18. The summed E-state index contributed by atoms with van der Waals surface area (Å²) in [4.78, 5) is 28.4. The Morgan fingerprint density at radius 3 is 2.52 bits per heavy atom. The molecule has 4 rings (SSSR count). The van der Waals surface area contributed by atoms with Gasteiger partial charge in [0.1, 0.15) is 12.1 Å². The first-order valence-electron chi connectivity index (χ1n) is 10.3. The first-order valence-corrected chi connectivity index (χ1v) is 10.3. The van der Waals surface area contributed by atoms with Gasteiger partial charge in [-0.3, -0.25) is 4.79 Å². The number of aromatic nitrogens is 2. The van der Waals surface area contributed by atoms with Crippen LogP contribution in [0.5, 0.6) is 5.88 Å². The Bertz CT molecular complexity index is 658. The fourth-order valence-electron chi connectivity index (χ4n) is 4.60. The van der Waals surface area contributed by atoms with Crippen molar-refractivity contribution in [2.75, 3.05) is 45.2 Å². The molecule has 3 aliphatic rings. The maximum absolute atomic E-state index is 12.9. The van der Waals surface area contributed by atoms with Crippen molar-refractivity contribution in [2.45, 2.75) is 50.6 Å². The third kappa shape index (κ3) is 4.18. The molecule has 3 heterocycles. The lowest BCUT2D eigenvalue weighted by atomic mass is 9.95. The van der Waals surface area contributed by atoms with Crippen LogP contribution >= 0.6 is 0 Å². The molecule has 1 unspecified atom stereocenters. The molecule has 1 aromatic heterocycles. The van der Waals surface area contributed by atoms with Gasteiger partial charge in [0, 0.05) is 37.8 Å². The minimum absolute atomic E-state index is 0.186. The highest BCUT2D eigenvalue weighted by Crippen LogP contribution is 2.36. The number of carbonyl (C=O) groups is 1. The number of nitrogens with zero attached hydrogens (tertiary/aromatic N) is 5. The van der Waals surface area contributed by atoms with Gasteiger partial charge in [0.25, 0.3) is 0 Å². The standard InChI is InChI=1S/C20H31N5O2/c1-23-9-3-4-15(13-23)20(26)24-10-7-17(8-11-24)25(16-5-6-16)18-12-19(27-2)22-14-21-18/h12,14-17H,3-11,13H2,1-2H3. The molecule has 7 heteroatoms. The first-order chi connectivity index (χ1) is 13.2. The molecular formula is C20H31N5O2. The van der Waals surface area contributed by atoms with Crippen molar-refractivity contribution in [3.05, 3.63) is 12.4 Å². The molecule has 0 aromatic carbocycles. The number of rotatable bonds is 5. The Hall–Kier alpha value is -1.89. The van der Waals surface area contributed by atoms with Crippen LogP contribution in [0.2, 0.25) is 0 Å². The van der Waals surface area contributed by atoms with Crippen molar-refractivity contribution in [1.29, 1.82) is 0 Å². The quantitative estimate of drug-likeness (QED) is 0.784. The van der Waals surface area contributed by atoms with E-state index in [1.54, 1.807) is 13.4 Å². The Morgan fingerprint density at radius 2 is 1.85 bits per heavy atom. The zero-order chi connectivity index (χ0) is 18.8. The van der Waals surface area contributed by atoms with Crippen LogP contribution in [-0.2, 0) is 4.79 Å². The minimum Gasteiger partial charge on any atom is -0.481 e. The van der Waals surface area contributed by atoms with E-state index in [1.165, 1.54) is 12.8 Å². The van der Waals surface area contributed by atoms with Crippen molar-refractivity contribution < 1.29 is 9.53 Å². The molecule has 2 aliphatic heterocycles. The van der Waals surface area contributed by atoms with Gasteiger partial charge in [-0.05, 0) is 52.1 Å². The van der Waals surface area contributed by atoms with E-state index < -0.39 is 0 Å². The lowest BCUT2D eigenvalue weighted by Crippen LogP contribution is -2.51. The Balaban J connectivity index is 1.39. The molecule has 1 saturated carbocycles. The van der Waals surface area contributed by atoms with Gasteiger partial charge in [-0.2, -0.15) is 0 Å². The molecule has 0 bridgehead atoms. The van der Waals surface area contributed by atoms with Gasteiger partial charge < -0.3 is 19.4 Å². The smallest absolute Gasteiger partial charge is 0.226 e. The van der Waals surface area contributed by atoms with Crippen LogP contribution in [0, 0.1) is 5.92 Å². The van der Waals surface area contributed by atoms with Crippen molar-refractivity contribution in [3.8, 4) is 5.88 Å². The summed E-state index contributed by atoms with van der Waals surface area (Å²) >= 11 is 0. The number of methoxy groups -OCH3 is 1. The maximum atomic E-state index is 12.9. The second-order valence-corrected chi connectivity index (χ2v) is 8.21. The number of carbonyl (C=O) groups excluding carboxylic acids is 1. The van der Waals surface area contributed by atoms with E-state index in [0.717, 1.165) is 57.7 Å². The van der Waals surface area contributed by atoms with E-state index in [9.17, 15) is 4.79 Å². The number of amides is 1. The van der Waals surface area contributed by atoms with Crippen LogP contribution in [0.3, 0.4) is 0 Å². The van der Waals surface area contributed by atoms with Crippen LogP contribution in [-0.4, -0.2) is 78.1 Å². The summed E-state index contributed by atoms with van der Waals surface area (Å²) < 4.78 is 5.28. The van der Waals surface area contributed by atoms with Gasteiger partial charge >= 0.3 is 0 Å². The third-order valence-electron chi connectivity index (χ3n) is 6.18. The normalized spacial score (nSPS) is 24.7. The van der Waals surface area contributed by atoms with Gasteiger partial charge in [0.15, 0.2) is 0 Å². The largest absolute Gasteiger partial charge is 0.481 e. The lowest BCUT2D eigenvalue weighted by molar-refractivity contribution is -0.138. The number of likely N-dealkylation sites (tertiary alicyclic amines) is 2. The maximum Gasteiger partial charge on any atom is 0.226 e. The Labute approximate surface area is 161 Å². The van der Waals surface area contributed by atoms with Gasteiger partial charge in [-0.25, -0.2) is 9.97 Å². The fourth-order valence-corrected chi connectivity index (χ4v) is 4.60. The summed E-state index contributed by atoms with van der Waals surface area (Å²) in [6.07, 6.45) is 8.22. The number of anilines is 1. The Morgan fingerprint density at radius 1 is 1.11 bits per heavy atom. The number of ether oxygens (including phenoxy) is 1. The monoisotopic (exact) mass is 373 g/mol. The topological polar surface area (TPSA) is 61.8 Å². The van der Waals surface area contributed by atoms with Gasteiger partial charge in [0.2, 0.25) is 11.8 Å². The fraction of sp³-hybridized carbons (Fsp3) is 0.750. The zero-order valence-corrected chi connectivity index (χ0v) is 16.5. The van der Waals surface area contributed by atoms with Crippen LogP contribution in [0.25, 0.3) is 0 Å². The molecular weight excluding hydrogens is 342 g/mol. The van der Waals surface area contributed by atoms with E-state index in [-0.39, 0.29) is 5.92 Å². The van der Waals surface area contributed by atoms with E-state index in [0.29, 0.717) is 23.9 Å². The molecule has 0 radical (unpaired) electrons. The van der Waals surface area contributed by atoms with Crippen molar-refractivity contribution >= 4 is 11.7 Å². The second-order valence-electron chi connectivity index (χ2n) is 8.21. The van der Waals surface area contributed by atoms with Crippen molar-refractivity contribution in [1.82, 2.24) is 19.8 Å². The predicted molar refractivity (Wildman–Crippen MR) is 104 cm³/mol. The molecule has 1 amide bonds. The predicted octanol–water partition coefficient (Wildman–Crippen LogP) is 1.79. The van der Waals surface area contributed by atoms with Crippen LogP contribution < -0.4 is 9.64 Å². The van der Waals surface area contributed by atoms with E-state index >= 15 is 0 Å². The van der Waals surface area contributed by atoms with Crippen LogP contribution in [0.4, 0.5) is 5.82 Å². The van der Waals surface area contributed by atoms with E-state index in [2.05, 4.69) is 31.7 Å². The van der Waals surface area contributed by atoms with E-state index in [4.69, 9.17) is 4.74 Å². The highest BCUT2D eigenvalue weighted by molar-refractivity contribution is 5.79. The summed E-state index contributed by atoms with van der Waals surface area (Å²) in [5, 5.41) is 0. The number of hydrogen-bond acceptors (Lipinski definition) is 6. The molecule has 1 aromatic rings. The number of piperidine rings is 2. The molecule has 1 atom stereocenters. The summed E-state index contributed by atoms with van der Waals surface area (Å²) in [5.41, 5.74) is 0. The van der Waals surface area contributed by atoms with Gasteiger partial charge in [-0.1, -0.05) is 0 Å². The van der Waals surface area contributed by atoms with Crippen LogP contribution in [0.15, 0.2) is 12.4 Å². The molecule has 0 N–H and O–H groups in total. The number of hydrogen-bond donors (Lipinski definition) is 0.